The molecule has 8 heteroatoms. The number of fused-ring (bicyclic) bond motifs is 3. The van der Waals surface area contributed by atoms with E-state index in [9.17, 15) is 9.59 Å². The molecule has 0 saturated heterocycles. The van der Waals surface area contributed by atoms with Crippen molar-refractivity contribution < 1.29 is 4.79 Å². The number of amides is 1. The summed E-state index contributed by atoms with van der Waals surface area (Å²) in [6.07, 6.45) is 5.08. The molecular formula is C18H14N4O2S2. The quantitative estimate of drug-likeness (QED) is 0.548. The van der Waals surface area contributed by atoms with Gasteiger partial charge < -0.3 is 5.32 Å². The van der Waals surface area contributed by atoms with E-state index < -0.39 is 0 Å². The van der Waals surface area contributed by atoms with Crippen LogP contribution in [0.15, 0.2) is 58.6 Å². The summed E-state index contributed by atoms with van der Waals surface area (Å²) in [5.41, 5.74) is 1.11. The Labute approximate surface area is 156 Å². The number of benzene rings is 1. The highest BCUT2D eigenvalue weighted by molar-refractivity contribution is 7.98. The van der Waals surface area contributed by atoms with E-state index in [1.54, 1.807) is 18.0 Å². The van der Waals surface area contributed by atoms with Crippen molar-refractivity contribution in [1.29, 1.82) is 0 Å². The maximum Gasteiger partial charge on any atom is 0.271 e. The number of thioether (sulfide) groups is 1. The normalized spacial score (nSPS) is 11.1. The molecule has 0 aliphatic rings. The van der Waals surface area contributed by atoms with Gasteiger partial charge in [0.15, 0.2) is 0 Å². The van der Waals surface area contributed by atoms with E-state index in [1.807, 2.05) is 42.7 Å². The Morgan fingerprint density at radius 1 is 1.27 bits per heavy atom. The van der Waals surface area contributed by atoms with Crippen LogP contribution in [0.3, 0.4) is 0 Å². The molecule has 0 spiro atoms. The first-order valence-corrected chi connectivity index (χ1v) is 9.86. The first-order chi connectivity index (χ1) is 12.7. The topological polar surface area (TPSA) is 76.9 Å². The first kappa shape index (κ1) is 16.7. The Balaban J connectivity index is 1.62. The Morgan fingerprint density at radius 3 is 3.00 bits per heavy atom. The number of hydrogen-bond acceptors (Lipinski definition) is 6. The van der Waals surface area contributed by atoms with Gasteiger partial charge in [0.2, 0.25) is 5.91 Å². The number of anilines is 1. The molecule has 1 amide bonds. The van der Waals surface area contributed by atoms with Crippen molar-refractivity contribution in [2.45, 2.75) is 11.4 Å². The molecule has 26 heavy (non-hydrogen) atoms. The number of carbonyl (C=O) groups is 1. The number of nitrogens with one attached hydrogen (secondary N) is 1. The van der Waals surface area contributed by atoms with Crippen LogP contribution in [0.1, 0.15) is 0 Å². The van der Waals surface area contributed by atoms with E-state index in [4.69, 9.17) is 0 Å². The highest BCUT2D eigenvalue weighted by atomic mass is 32.2. The smallest absolute Gasteiger partial charge is 0.271 e. The predicted octanol–water partition coefficient (Wildman–Crippen LogP) is 3.37. The maximum absolute atomic E-state index is 12.7. The number of nitrogens with zero attached hydrogens (tertiary/aromatic N) is 3. The number of carbonyl (C=O) groups excluding carboxylic acids is 1. The third kappa shape index (κ3) is 3.09. The summed E-state index contributed by atoms with van der Waals surface area (Å²) in [5, 5.41) is 3.67. The molecular weight excluding hydrogens is 368 g/mol. The lowest BCUT2D eigenvalue weighted by Crippen LogP contribution is -2.27. The summed E-state index contributed by atoms with van der Waals surface area (Å²) in [6, 6.07) is 11.3. The van der Waals surface area contributed by atoms with Crippen molar-refractivity contribution in [3.63, 3.8) is 0 Å². The van der Waals surface area contributed by atoms with Gasteiger partial charge in [-0.2, -0.15) is 0 Å². The van der Waals surface area contributed by atoms with Gasteiger partial charge >= 0.3 is 0 Å². The summed E-state index contributed by atoms with van der Waals surface area (Å²) in [4.78, 5) is 35.5. The fourth-order valence-corrected chi connectivity index (χ4v) is 4.18. The average molecular weight is 382 g/mol. The minimum atomic E-state index is -0.272. The van der Waals surface area contributed by atoms with Crippen molar-refractivity contribution in [2.75, 3.05) is 11.6 Å². The Bertz CT molecular complexity index is 1180. The van der Waals surface area contributed by atoms with Crippen molar-refractivity contribution in [2.24, 2.45) is 0 Å². The maximum atomic E-state index is 12.7. The number of rotatable bonds is 4. The summed E-state index contributed by atoms with van der Waals surface area (Å²) in [7, 11) is 0. The lowest BCUT2D eigenvalue weighted by atomic mass is 10.3. The highest BCUT2D eigenvalue weighted by Gasteiger charge is 2.13. The molecule has 0 atom stereocenters. The molecule has 4 rings (SSSR count). The molecule has 0 aliphatic carbocycles. The lowest BCUT2D eigenvalue weighted by Gasteiger charge is -2.08. The molecule has 0 unspecified atom stereocenters. The molecule has 4 aromatic rings. The number of thiophene rings is 1. The van der Waals surface area contributed by atoms with E-state index >= 15 is 0 Å². The molecule has 0 saturated carbocycles. The Kier molecular flexibility index (Phi) is 4.44. The number of pyridine rings is 1. The van der Waals surface area contributed by atoms with Crippen molar-refractivity contribution in [3.8, 4) is 0 Å². The molecule has 3 heterocycles. The molecule has 0 radical (unpaired) electrons. The summed E-state index contributed by atoms with van der Waals surface area (Å²) in [6.45, 7) is -0.0903. The fraction of sp³-hybridized carbons (Fsp3) is 0.111. The van der Waals surface area contributed by atoms with Crippen molar-refractivity contribution in [1.82, 2.24) is 14.5 Å². The van der Waals surface area contributed by atoms with Crippen LogP contribution in [-0.2, 0) is 11.3 Å². The zero-order valence-corrected chi connectivity index (χ0v) is 15.4. The molecule has 130 valence electrons. The third-order valence-electron chi connectivity index (χ3n) is 3.89. The minimum absolute atomic E-state index is 0.0903. The Morgan fingerprint density at radius 2 is 2.15 bits per heavy atom. The second-order valence-corrected chi connectivity index (χ2v) is 7.47. The second kappa shape index (κ2) is 6.89. The highest BCUT2D eigenvalue weighted by Crippen LogP contribution is 2.28. The Hall–Kier alpha value is -2.71. The van der Waals surface area contributed by atoms with Crippen LogP contribution >= 0.6 is 23.1 Å². The van der Waals surface area contributed by atoms with Crippen LogP contribution in [0.25, 0.3) is 20.4 Å². The molecule has 0 bridgehead atoms. The fourth-order valence-electron chi connectivity index (χ4n) is 2.67. The first-order valence-electron chi connectivity index (χ1n) is 7.82. The van der Waals surface area contributed by atoms with E-state index in [2.05, 4.69) is 15.3 Å². The van der Waals surface area contributed by atoms with Crippen molar-refractivity contribution in [3.05, 3.63) is 59.3 Å². The zero-order chi connectivity index (χ0) is 18.1. The van der Waals surface area contributed by atoms with Crippen LogP contribution in [0.4, 0.5) is 5.69 Å². The van der Waals surface area contributed by atoms with Gasteiger partial charge in [0.05, 0.1) is 11.8 Å². The largest absolute Gasteiger partial charge is 0.324 e. The van der Waals surface area contributed by atoms with E-state index in [0.29, 0.717) is 15.9 Å². The molecule has 1 aromatic carbocycles. The number of aromatic nitrogens is 3. The number of hydrogen-bond donors (Lipinski definition) is 1. The van der Waals surface area contributed by atoms with Gasteiger partial charge in [-0.15, -0.1) is 23.1 Å². The van der Waals surface area contributed by atoms with Crippen LogP contribution < -0.4 is 10.9 Å². The molecule has 0 aliphatic heterocycles. The monoisotopic (exact) mass is 382 g/mol. The molecule has 6 nitrogen and oxygen atoms in total. The van der Waals surface area contributed by atoms with Gasteiger partial charge in [-0.05, 0) is 36.6 Å². The van der Waals surface area contributed by atoms with Crippen LogP contribution in [0, 0.1) is 0 Å². The standard InChI is InChI=1S/C18H14N4O2S2/c1-25-12-5-2-4-11(8-12)21-14(23)9-22-10-20-15-13-6-3-7-19-17(13)26-16(15)18(22)24/h2-8,10H,9H2,1H3,(H,21,23). The molecule has 0 fully saturated rings. The lowest BCUT2D eigenvalue weighted by molar-refractivity contribution is -0.116. The third-order valence-corrected chi connectivity index (χ3v) is 5.70. The summed E-state index contributed by atoms with van der Waals surface area (Å²) >= 11 is 2.90. The second-order valence-electron chi connectivity index (χ2n) is 5.59. The van der Waals surface area contributed by atoms with Gasteiger partial charge in [-0.25, -0.2) is 9.97 Å². The molecule has 3 aromatic heterocycles. The SMILES string of the molecule is CSc1cccc(NC(=O)Cn2cnc3c(sc4ncccc43)c2=O)c1. The predicted molar refractivity (Wildman–Crippen MR) is 106 cm³/mol. The van der Waals surface area contributed by atoms with Gasteiger partial charge in [0.1, 0.15) is 16.1 Å². The summed E-state index contributed by atoms with van der Waals surface area (Å²) in [5.74, 6) is -0.272. The van der Waals surface area contributed by atoms with E-state index in [0.717, 1.165) is 15.1 Å². The van der Waals surface area contributed by atoms with Gasteiger partial charge in [0, 0.05) is 22.2 Å². The molecule has 1 N–H and O–H groups in total. The van der Waals surface area contributed by atoms with Crippen LogP contribution in [-0.4, -0.2) is 26.7 Å². The van der Waals surface area contributed by atoms with Gasteiger partial charge in [-0.1, -0.05) is 6.07 Å². The van der Waals surface area contributed by atoms with Crippen LogP contribution in [0.2, 0.25) is 0 Å². The van der Waals surface area contributed by atoms with Gasteiger partial charge in [-0.3, -0.25) is 14.2 Å². The van der Waals surface area contributed by atoms with E-state index in [1.165, 1.54) is 22.2 Å². The minimum Gasteiger partial charge on any atom is -0.324 e. The van der Waals surface area contributed by atoms with Crippen molar-refractivity contribution >= 4 is 55.1 Å². The van der Waals surface area contributed by atoms with Gasteiger partial charge in [0.25, 0.3) is 5.56 Å². The van der Waals surface area contributed by atoms with E-state index in [-0.39, 0.29) is 18.0 Å². The zero-order valence-electron chi connectivity index (χ0n) is 13.8. The summed E-state index contributed by atoms with van der Waals surface area (Å²) < 4.78 is 1.84. The average Bonchev–Trinajstić information content (AvgIpc) is 3.04. The van der Waals surface area contributed by atoms with Crippen LogP contribution in [0.5, 0.6) is 0 Å².